The Morgan fingerprint density at radius 2 is 2.20 bits per heavy atom. The van der Waals surface area contributed by atoms with Gasteiger partial charge in [-0.25, -0.2) is 4.79 Å². The largest absolute Gasteiger partial charge is 0.447 e. The fraction of sp³-hybridized carbons (Fsp3) is 0.474. The molecule has 1 aliphatic rings. The summed E-state index contributed by atoms with van der Waals surface area (Å²) in [4.78, 5) is 13.4. The van der Waals surface area contributed by atoms with Crippen LogP contribution in [-0.4, -0.2) is 30.9 Å². The van der Waals surface area contributed by atoms with Crippen molar-refractivity contribution < 1.29 is 14.1 Å². The van der Waals surface area contributed by atoms with Gasteiger partial charge in [0.15, 0.2) is 0 Å². The number of rotatable bonds is 7. The minimum Gasteiger partial charge on any atom is -0.447 e. The van der Waals surface area contributed by atoms with E-state index >= 15 is 0 Å². The van der Waals surface area contributed by atoms with Crippen molar-refractivity contribution in [1.82, 2.24) is 10.5 Å². The number of nitrogens with one attached hydrogen (secondary N) is 1. The van der Waals surface area contributed by atoms with Crippen molar-refractivity contribution in [3.8, 4) is 0 Å². The van der Waals surface area contributed by atoms with Gasteiger partial charge >= 0.3 is 6.09 Å². The summed E-state index contributed by atoms with van der Waals surface area (Å²) in [7, 11) is 0. The van der Waals surface area contributed by atoms with Crippen molar-refractivity contribution in [1.29, 1.82) is 0 Å². The summed E-state index contributed by atoms with van der Waals surface area (Å²) in [6, 6.07) is 8.27. The lowest BCUT2D eigenvalue weighted by Crippen LogP contribution is -2.24. The van der Waals surface area contributed by atoms with Crippen LogP contribution in [0.2, 0.25) is 0 Å². The van der Waals surface area contributed by atoms with Crippen molar-refractivity contribution in [3.05, 3.63) is 46.8 Å². The van der Waals surface area contributed by atoms with Gasteiger partial charge in [-0.3, -0.25) is 4.90 Å². The molecule has 3 rings (SSSR count). The predicted octanol–water partition coefficient (Wildman–Crippen LogP) is 3.53. The Bertz CT molecular complexity index is 722. The van der Waals surface area contributed by atoms with Gasteiger partial charge in [-0.1, -0.05) is 17.3 Å². The van der Waals surface area contributed by atoms with Gasteiger partial charge in [-0.05, 0) is 57.9 Å². The van der Waals surface area contributed by atoms with Crippen LogP contribution in [-0.2, 0) is 11.2 Å². The molecule has 6 heteroatoms. The number of carbonyl (C=O) groups is 1. The molecule has 1 aliphatic heterocycles. The summed E-state index contributed by atoms with van der Waals surface area (Å²) in [6.07, 6.45) is 1.71. The van der Waals surface area contributed by atoms with E-state index < -0.39 is 0 Å². The summed E-state index contributed by atoms with van der Waals surface area (Å²) in [5.74, 6) is 0.913. The highest BCUT2D eigenvalue weighted by Gasteiger charge is 2.23. The summed E-state index contributed by atoms with van der Waals surface area (Å²) in [5, 5.41) is 7.54. The highest BCUT2D eigenvalue weighted by molar-refractivity contribution is 5.89. The van der Waals surface area contributed by atoms with E-state index in [1.54, 1.807) is 4.90 Å². The fourth-order valence-electron chi connectivity index (χ4n) is 3.15. The van der Waals surface area contributed by atoms with Gasteiger partial charge in [-0.2, -0.15) is 0 Å². The second kappa shape index (κ2) is 7.70. The SMILES string of the molecule is Cc1noc(C)c1CCCN[C@H](C)c1cccc(N2CCOC2=O)c1. The molecule has 2 heterocycles. The molecule has 1 N–H and O–H groups in total. The van der Waals surface area contributed by atoms with E-state index in [1.807, 2.05) is 26.0 Å². The first-order valence-corrected chi connectivity index (χ1v) is 8.75. The first-order chi connectivity index (χ1) is 12.1. The molecule has 1 aromatic carbocycles. The van der Waals surface area contributed by atoms with Crippen LogP contribution in [0.3, 0.4) is 0 Å². The molecule has 0 aliphatic carbocycles. The number of hydrogen-bond acceptors (Lipinski definition) is 5. The number of cyclic esters (lactones) is 1. The normalized spacial score (nSPS) is 15.5. The molecular formula is C19H25N3O3. The lowest BCUT2D eigenvalue weighted by Gasteiger charge is -2.18. The first kappa shape index (κ1) is 17.5. The minimum absolute atomic E-state index is 0.211. The summed E-state index contributed by atoms with van der Waals surface area (Å²) in [5.41, 5.74) is 4.25. The number of amides is 1. The minimum atomic E-state index is -0.266. The standard InChI is InChI=1S/C19H25N3O3/c1-13(20-9-5-8-18-14(2)21-25-15(18)3)16-6-4-7-17(12-16)22-10-11-24-19(22)23/h4,6-7,12-13,20H,5,8-11H2,1-3H3/t13-/m1/s1. The Labute approximate surface area is 148 Å². The van der Waals surface area contributed by atoms with Gasteiger partial charge in [0, 0.05) is 17.3 Å². The maximum Gasteiger partial charge on any atom is 0.414 e. The van der Waals surface area contributed by atoms with Gasteiger partial charge in [-0.15, -0.1) is 0 Å². The van der Waals surface area contributed by atoms with E-state index in [9.17, 15) is 4.79 Å². The second-order valence-corrected chi connectivity index (χ2v) is 6.44. The molecule has 0 unspecified atom stereocenters. The molecule has 1 atom stereocenters. The Hall–Kier alpha value is -2.34. The quantitative estimate of drug-likeness (QED) is 0.779. The highest BCUT2D eigenvalue weighted by atomic mass is 16.6. The van der Waals surface area contributed by atoms with E-state index in [2.05, 4.69) is 29.5 Å². The molecule has 134 valence electrons. The number of aromatic nitrogens is 1. The van der Waals surface area contributed by atoms with Crippen LogP contribution < -0.4 is 10.2 Å². The van der Waals surface area contributed by atoms with E-state index in [0.717, 1.165) is 42.1 Å². The maximum absolute atomic E-state index is 11.7. The third-order valence-electron chi connectivity index (χ3n) is 4.68. The van der Waals surface area contributed by atoms with Crippen molar-refractivity contribution in [2.45, 2.75) is 39.7 Å². The molecule has 1 aromatic heterocycles. The molecule has 2 aromatic rings. The van der Waals surface area contributed by atoms with E-state index in [0.29, 0.717) is 13.2 Å². The predicted molar refractivity (Wildman–Crippen MR) is 95.9 cm³/mol. The molecule has 1 fully saturated rings. The molecule has 0 radical (unpaired) electrons. The van der Waals surface area contributed by atoms with Crippen molar-refractivity contribution in [2.24, 2.45) is 0 Å². The fourth-order valence-corrected chi connectivity index (χ4v) is 3.15. The van der Waals surface area contributed by atoms with Crippen LogP contribution in [0.5, 0.6) is 0 Å². The van der Waals surface area contributed by atoms with Gasteiger partial charge in [0.1, 0.15) is 12.4 Å². The summed E-state index contributed by atoms with van der Waals surface area (Å²) in [6.45, 7) is 8.05. The molecule has 0 spiro atoms. The smallest absolute Gasteiger partial charge is 0.414 e. The number of benzene rings is 1. The zero-order valence-electron chi connectivity index (χ0n) is 15.0. The molecule has 0 saturated carbocycles. The summed E-state index contributed by atoms with van der Waals surface area (Å²) < 4.78 is 10.2. The second-order valence-electron chi connectivity index (χ2n) is 6.44. The Morgan fingerprint density at radius 3 is 2.88 bits per heavy atom. The Balaban J connectivity index is 1.53. The van der Waals surface area contributed by atoms with Gasteiger partial charge in [0.2, 0.25) is 0 Å². The first-order valence-electron chi connectivity index (χ1n) is 8.75. The van der Waals surface area contributed by atoms with Crippen molar-refractivity contribution in [3.63, 3.8) is 0 Å². The average molecular weight is 343 g/mol. The van der Waals surface area contributed by atoms with Crippen LogP contribution in [0.4, 0.5) is 10.5 Å². The third kappa shape index (κ3) is 4.02. The Morgan fingerprint density at radius 1 is 1.36 bits per heavy atom. The molecule has 6 nitrogen and oxygen atoms in total. The summed E-state index contributed by atoms with van der Waals surface area (Å²) >= 11 is 0. The number of carbonyl (C=O) groups excluding carboxylic acids is 1. The average Bonchev–Trinajstić information content (AvgIpc) is 3.18. The van der Waals surface area contributed by atoms with Crippen molar-refractivity contribution in [2.75, 3.05) is 24.6 Å². The molecule has 25 heavy (non-hydrogen) atoms. The monoisotopic (exact) mass is 343 g/mol. The van der Waals surface area contributed by atoms with E-state index in [4.69, 9.17) is 9.26 Å². The topological polar surface area (TPSA) is 67.6 Å². The van der Waals surface area contributed by atoms with Crippen LogP contribution >= 0.6 is 0 Å². The maximum atomic E-state index is 11.7. The molecule has 1 amide bonds. The number of anilines is 1. The Kier molecular flexibility index (Phi) is 5.38. The number of hydrogen-bond donors (Lipinski definition) is 1. The van der Waals surface area contributed by atoms with E-state index in [1.165, 1.54) is 5.56 Å². The van der Waals surface area contributed by atoms with Gasteiger partial charge in [0.25, 0.3) is 0 Å². The lowest BCUT2D eigenvalue weighted by atomic mass is 10.1. The molecule has 1 saturated heterocycles. The van der Waals surface area contributed by atoms with Crippen LogP contribution in [0.25, 0.3) is 0 Å². The van der Waals surface area contributed by atoms with E-state index in [-0.39, 0.29) is 12.1 Å². The van der Waals surface area contributed by atoms with Crippen molar-refractivity contribution >= 4 is 11.8 Å². The van der Waals surface area contributed by atoms with Crippen LogP contribution in [0, 0.1) is 13.8 Å². The number of nitrogens with zero attached hydrogens (tertiary/aromatic N) is 2. The lowest BCUT2D eigenvalue weighted by molar-refractivity contribution is 0.181. The van der Waals surface area contributed by atoms with Gasteiger partial charge in [0.05, 0.1) is 12.2 Å². The van der Waals surface area contributed by atoms with Crippen LogP contribution in [0.1, 0.15) is 42.0 Å². The highest BCUT2D eigenvalue weighted by Crippen LogP contribution is 2.23. The van der Waals surface area contributed by atoms with Crippen LogP contribution in [0.15, 0.2) is 28.8 Å². The zero-order valence-corrected chi connectivity index (χ0v) is 15.0. The third-order valence-corrected chi connectivity index (χ3v) is 4.68. The molecule has 0 bridgehead atoms. The van der Waals surface area contributed by atoms with Gasteiger partial charge < -0.3 is 14.6 Å². The number of ether oxygens (including phenoxy) is 1. The number of aryl methyl sites for hydroxylation is 2. The zero-order chi connectivity index (χ0) is 17.8. The molecular weight excluding hydrogens is 318 g/mol.